The monoisotopic (exact) mass is 446 g/mol. The quantitative estimate of drug-likeness (QED) is 0.622. The lowest BCUT2D eigenvalue weighted by atomic mass is 9.88. The molecule has 2 aromatic rings. The first kappa shape index (κ1) is 21.7. The van der Waals surface area contributed by atoms with Gasteiger partial charge in [0.1, 0.15) is 11.6 Å². The first-order valence-electron chi connectivity index (χ1n) is 10.4. The summed E-state index contributed by atoms with van der Waals surface area (Å²) in [7, 11) is 0. The van der Waals surface area contributed by atoms with Gasteiger partial charge in [-0.25, -0.2) is 0 Å². The summed E-state index contributed by atoms with van der Waals surface area (Å²) in [5.74, 6) is -0.0219. The Morgan fingerprint density at radius 1 is 1.42 bits per heavy atom. The number of aliphatic hydroxyl groups excluding tert-OH is 1. The first-order chi connectivity index (χ1) is 14.6. The molecule has 3 N–H and O–H groups in total. The van der Waals surface area contributed by atoms with E-state index in [1.54, 1.807) is 23.1 Å². The fraction of sp³-hybridized carbons (Fsp3) is 0.571. The van der Waals surface area contributed by atoms with Crippen molar-refractivity contribution in [3.8, 4) is 11.4 Å². The van der Waals surface area contributed by atoms with Crippen LogP contribution >= 0.6 is 11.6 Å². The van der Waals surface area contributed by atoms with Gasteiger partial charge in [-0.05, 0) is 59.6 Å². The van der Waals surface area contributed by atoms with Gasteiger partial charge in [-0.1, -0.05) is 32.4 Å². The SMILES string of the molecule is CC(C)(C)C[C@@H](O)C(=O)N1CC[C@@H]2C[C@@]21C(=O)NCc1cc(Cl)ccc1-c1nn[nH]n1. The number of amides is 2. The van der Waals surface area contributed by atoms with Crippen LogP contribution in [-0.2, 0) is 16.1 Å². The van der Waals surface area contributed by atoms with E-state index in [2.05, 4.69) is 25.9 Å². The van der Waals surface area contributed by atoms with Crippen LogP contribution in [0.25, 0.3) is 11.4 Å². The third-order valence-electron chi connectivity index (χ3n) is 6.10. The van der Waals surface area contributed by atoms with E-state index in [0.29, 0.717) is 35.8 Å². The Morgan fingerprint density at radius 3 is 2.84 bits per heavy atom. The normalized spacial score (nSPS) is 23.4. The highest BCUT2D eigenvalue weighted by Crippen LogP contribution is 2.56. The number of aromatic amines is 1. The number of carbonyl (C=O) groups excluding carboxylic acids is 2. The van der Waals surface area contributed by atoms with Crippen molar-refractivity contribution in [2.24, 2.45) is 11.3 Å². The van der Waals surface area contributed by atoms with Crippen molar-refractivity contribution in [3.05, 3.63) is 28.8 Å². The predicted molar refractivity (Wildman–Crippen MR) is 114 cm³/mol. The van der Waals surface area contributed by atoms with Gasteiger partial charge in [0.25, 0.3) is 5.91 Å². The lowest BCUT2D eigenvalue weighted by Crippen LogP contribution is -2.53. The van der Waals surface area contributed by atoms with Crippen LogP contribution in [-0.4, -0.2) is 60.6 Å². The van der Waals surface area contributed by atoms with E-state index in [-0.39, 0.29) is 29.7 Å². The molecule has 0 spiro atoms. The fourth-order valence-corrected chi connectivity index (χ4v) is 4.75. The highest BCUT2D eigenvalue weighted by atomic mass is 35.5. The van der Waals surface area contributed by atoms with Crippen molar-refractivity contribution in [1.29, 1.82) is 0 Å². The zero-order valence-electron chi connectivity index (χ0n) is 17.9. The Hall–Kier alpha value is -2.52. The molecule has 3 atom stereocenters. The number of H-pyrrole nitrogens is 1. The van der Waals surface area contributed by atoms with Crippen LogP contribution in [0.15, 0.2) is 18.2 Å². The number of halogens is 1. The zero-order valence-corrected chi connectivity index (χ0v) is 18.6. The van der Waals surface area contributed by atoms with Crippen LogP contribution in [0.5, 0.6) is 0 Å². The van der Waals surface area contributed by atoms with Gasteiger partial charge in [0.05, 0.1) is 0 Å². The maximum atomic E-state index is 13.2. The molecule has 10 heteroatoms. The molecular weight excluding hydrogens is 420 g/mol. The molecule has 0 radical (unpaired) electrons. The van der Waals surface area contributed by atoms with Crippen molar-refractivity contribution in [3.63, 3.8) is 0 Å². The standard InChI is InChI=1S/C21H27ClN6O3/c1-20(2,3)10-16(29)18(30)28-7-6-13-9-21(13,28)19(31)23-11-12-8-14(22)4-5-15(12)17-24-26-27-25-17/h4-5,8,13,16,29H,6-7,9-11H2,1-3H3,(H,23,31)(H,24,25,26,27)/t13-,16-,21+/m1/s1. The third-order valence-corrected chi connectivity index (χ3v) is 6.33. The van der Waals surface area contributed by atoms with E-state index in [9.17, 15) is 14.7 Å². The zero-order chi connectivity index (χ0) is 22.4. The van der Waals surface area contributed by atoms with Crippen LogP contribution < -0.4 is 5.32 Å². The molecule has 1 aromatic heterocycles. The molecule has 1 saturated carbocycles. The van der Waals surface area contributed by atoms with Crippen molar-refractivity contribution < 1.29 is 14.7 Å². The van der Waals surface area contributed by atoms with E-state index in [0.717, 1.165) is 12.0 Å². The van der Waals surface area contributed by atoms with Gasteiger partial charge in [0.15, 0.2) is 0 Å². The summed E-state index contributed by atoms with van der Waals surface area (Å²) in [5, 5.41) is 28.0. The average Bonchev–Trinajstić information content (AvgIpc) is 3.04. The summed E-state index contributed by atoms with van der Waals surface area (Å²) in [6, 6.07) is 5.25. The molecule has 9 nitrogen and oxygen atoms in total. The van der Waals surface area contributed by atoms with Crippen LogP contribution in [0.3, 0.4) is 0 Å². The number of hydrogen-bond acceptors (Lipinski definition) is 6. The lowest BCUT2D eigenvalue weighted by Gasteiger charge is -2.31. The molecule has 2 heterocycles. The molecule has 2 fully saturated rings. The highest BCUT2D eigenvalue weighted by molar-refractivity contribution is 6.30. The van der Waals surface area contributed by atoms with E-state index >= 15 is 0 Å². The summed E-state index contributed by atoms with van der Waals surface area (Å²) in [4.78, 5) is 27.8. The van der Waals surface area contributed by atoms with E-state index in [1.165, 1.54) is 0 Å². The number of rotatable bonds is 6. The van der Waals surface area contributed by atoms with E-state index < -0.39 is 11.6 Å². The Kier molecular flexibility index (Phi) is 5.51. The number of aliphatic hydroxyl groups is 1. The van der Waals surface area contributed by atoms with E-state index in [4.69, 9.17) is 11.6 Å². The molecule has 1 aromatic carbocycles. The summed E-state index contributed by atoms with van der Waals surface area (Å²) in [6.07, 6.45) is 0.635. The van der Waals surface area contributed by atoms with Crippen molar-refractivity contribution in [2.75, 3.05) is 6.54 Å². The number of nitrogens with zero attached hydrogens (tertiary/aromatic N) is 4. The van der Waals surface area contributed by atoms with Crippen LogP contribution in [0, 0.1) is 11.3 Å². The molecule has 166 valence electrons. The highest BCUT2D eigenvalue weighted by Gasteiger charge is 2.68. The number of nitrogens with one attached hydrogen (secondary N) is 2. The van der Waals surface area contributed by atoms with Crippen molar-refractivity contribution >= 4 is 23.4 Å². The molecule has 1 aliphatic heterocycles. The second-order valence-electron chi connectivity index (χ2n) is 9.60. The summed E-state index contributed by atoms with van der Waals surface area (Å²) in [5.41, 5.74) is 0.411. The number of carbonyl (C=O) groups is 2. The lowest BCUT2D eigenvalue weighted by molar-refractivity contribution is -0.148. The molecule has 0 bridgehead atoms. The second kappa shape index (κ2) is 7.87. The van der Waals surface area contributed by atoms with Gasteiger partial charge < -0.3 is 15.3 Å². The number of piperidine rings is 1. The number of fused-ring (bicyclic) bond motifs is 1. The molecule has 0 unspecified atom stereocenters. The maximum Gasteiger partial charge on any atom is 0.252 e. The Bertz CT molecular complexity index is 989. The van der Waals surface area contributed by atoms with Crippen LogP contribution in [0.4, 0.5) is 0 Å². The minimum Gasteiger partial charge on any atom is -0.383 e. The van der Waals surface area contributed by atoms with Gasteiger partial charge >= 0.3 is 0 Å². The summed E-state index contributed by atoms with van der Waals surface area (Å²) in [6.45, 7) is 6.63. The minimum atomic E-state index is -1.11. The van der Waals surface area contributed by atoms with Crippen molar-refractivity contribution in [2.45, 2.75) is 58.2 Å². The van der Waals surface area contributed by atoms with Gasteiger partial charge in [-0.15, -0.1) is 10.2 Å². The summed E-state index contributed by atoms with van der Waals surface area (Å²) < 4.78 is 0. The second-order valence-corrected chi connectivity index (χ2v) is 10.0. The summed E-state index contributed by atoms with van der Waals surface area (Å²) >= 11 is 6.15. The minimum absolute atomic E-state index is 0.134. The largest absolute Gasteiger partial charge is 0.383 e. The fourth-order valence-electron chi connectivity index (χ4n) is 4.56. The van der Waals surface area contributed by atoms with Gasteiger partial charge in [0, 0.05) is 23.7 Å². The molecule has 2 aliphatic rings. The Morgan fingerprint density at radius 2 is 2.19 bits per heavy atom. The number of benzene rings is 1. The van der Waals surface area contributed by atoms with Gasteiger partial charge in [-0.3, -0.25) is 9.59 Å². The predicted octanol–water partition coefficient (Wildman–Crippen LogP) is 1.92. The van der Waals surface area contributed by atoms with Crippen LogP contribution in [0.1, 0.15) is 45.6 Å². The van der Waals surface area contributed by atoms with Gasteiger partial charge in [-0.2, -0.15) is 5.21 Å². The molecular formula is C21H27ClN6O3. The third kappa shape index (κ3) is 4.16. The van der Waals surface area contributed by atoms with Gasteiger partial charge in [0.2, 0.25) is 11.7 Å². The molecule has 31 heavy (non-hydrogen) atoms. The smallest absolute Gasteiger partial charge is 0.252 e. The number of tetrazole rings is 1. The molecule has 4 rings (SSSR count). The number of aromatic nitrogens is 4. The van der Waals surface area contributed by atoms with Crippen molar-refractivity contribution in [1.82, 2.24) is 30.8 Å². The molecule has 1 saturated heterocycles. The molecule has 1 aliphatic carbocycles. The maximum absolute atomic E-state index is 13.2. The van der Waals surface area contributed by atoms with Crippen LogP contribution in [0.2, 0.25) is 5.02 Å². The topological polar surface area (TPSA) is 124 Å². The first-order valence-corrected chi connectivity index (χ1v) is 10.8. The average molecular weight is 447 g/mol. The number of likely N-dealkylation sites (tertiary alicyclic amines) is 1. The number of hydrogen-bond donors (Lipinski definition) is 3. The molecule has 2 amide bonds. The van der Waals surface area contributed by atoms with E-state index in [1.807, 2.05) is 20.8 Å². The Balaban J connectivity index is 1.48. The Labute approximate surface area is 185 Å².